The van der Waals surface area contributed by atoms with Crippen molar-refractivity contribution in [3.05, 3.63) is 23.7 Å². The first kappa shape index (κ1) is 12.5. The average molecular weight is 251 g/mol. The van der Waals surface area contributed by atoms with E-state index in [0.29, 0.717) is 24.4 Å². The third-order valence-corrected chi connectivity index (χ3v) is 3.41. The van der Waals surface area contributed by atoms with Gasteiger partial charge in [-0.2, -0.15) is 0 Å². The predicted octanol–water partition coefficient (Wildman–Crippen LogP) is 1.19. The van der Waals surface area contributed by atoms with E-state index in [2.05, 4.69) is 5.16 Å². The topological polar surface area (TPSA) is 92.1 Å². The summed E-state index contributed by atoms with van der Waals surface area (Å²) in [5, 5.41) is 11.6. The van der Waals surface area contributed by atoms with Crippen molar-refractivity contribution >= 4 is 11.7 Å². The van der Waals surface area contributed by atoms with Crippen molar-refractivity contribution in [3.63, 3.8) is 0 Å². The summed E-state index contributed by atoms with van der Waals surface area (Å²) in [5.74, 6) is 0.934. The molecule has 6 heteroatoms. The van der Waals surface area contributed by atoms with Gasteiger partial charge in [0.25, 0.3) is 5.91 Å². The van der Waals surface area contributed by atoms with E-state index in [0.717, 1.165) is 12.8 Å². The lowest BCUT2D eigenvalue weighted by atomic mass is 9.95. The molecule has 6 nitrogen and oxygen atoms in total. The van der Waals surface area contributed by atoms with E-state index in [1.54, 1.807) is 17.9 Å². The molecule has 0 spiro atoms. The van der Waals surface area contributed by atoms with Crippen LogP contribution in [0.5, 0.6) is 0 Å². The smallest absolute Gasteiger partial charge is 0.257 e. The number of hydrogen-bond donors (Lipinski definition) is 2. The van der Waals surface area contributed by atoms with E-state index in [-0.39, 0.29) is 17.7 Å². The molecule has 1 amide bonds. The zero-order valence-electron chi connectivity index (χ0n) is 10.3. The van der Waals surface area contributed by atoms with Crippen molar-refractivity contribution < 1.29 is 14.4 Å². The van der Waals surface area contributed by atoms with Crippen LogP contribution in [0.4, 0.5) is 0 Å². The molecule has 0 aliphatic carbocycles. The molecule has 2 rings (SSSR count). The Balaban J connectivity index is 1.98. The van der Waals surface area contributed by atoms with Crippen LogP contribution in [0.1, 0.15) is 29.0 Å². The molecule has 0 aromatic carbocycles. The molecule has 1 aromatic rings. The second-order valence-corrected chi connectivity index (χ2v) is 4.48. The van der Waals surface area contributed by atoms with Crippen molar-refractivity contribution in [2.75, 3.05) is 13.1 Å². The Morgan fingerprint density at radius 1 is 1.56 bits per heavy atom. The summed E-state index contributed by atoms with van der Waals surface area (Å²) in [6, 6.07) is 1.69. The lowest BCUT2D eigenvalue weighted by Crippen LogP contribution is -2.41. The number of aryl methyl sites for hydroxylation is 1. The summed E-state index contributed by atoms with van der Waals surface area (Å²) < 4.78 is 5.13. The first-order valence-electron chi connectivity index (χ1n) is 5.94. The number of nitrogens with two attached hydrogens (primary N) is 1. The molecule has 1 aromatic heterocycles. The lowest BCUT2D eigenvalue weighted by Gasteiger charge is -2.31. The average Bonchev–Trinajstić information content (AvgIpc) is 2.83. The third kappa shape index (κ3) is 2.32. The number of carbonyl (C=O) groups excluding carboxylic acids is 1. The fourth-order valence-corrected chi connectivity index (χ4v) is 2.24. The van der Waals surface area contributed by atoms with Crippen molar-refractivity contribution in [2.24, 2.45) is 16.8 Å². The van der Waals surface area contributed by atoms with Crippen LogP contribution in [-0.2, 0) is 0 Å². The molecule has 1 aliphatic heterocycles. The van der Waals surface area contributed by atoms with Crippen LogP contribution in [0.2, 0.25) is 0 Å². The van der Waals surface area contributed by atoms with Crippen molar-refractivity contribution in [1.82, 2.24) is 4.90 Å². The van der Waals surface area contributed by atoms with Crippen molar-refractivity contribution in [1.29, 1.82) is 0 Å². The maximum Gasteiger partial charge on any atom is 0.257 e. The minimum Gasteiger partial charge on any atom is -0.469 e. The minimum absolute atomic E-state index is 0.0146. The van der Waals surface area contributed by atoms with Gasteiger partial charge < -0.3 is 20.3 Å². The number of nitrogens with zero attached hydrogens (tertiary/aromatic N) is 2. The summed E-state index contributed by atoms with van der Waals surface area (Å²) in [7, 11) is 0. The van der Waals surface area contributed by atoms with Crippen LogP contribution in [0, 0.1) is 12.8 Å². The molecular weight excluding hydrogens is 234 g/mol. The Bertz CT molecular complexity index is 459. The van der Waals surface area contributed by atoms with Crippen LogP contribution in [-0.4, -0.2) is 34.9 Å². The standard InChI is InChI=1S/C12H17N3O3/c1-8-10(4-7-18-8)12(16)15-5-2-9(3-6-15)11(13)14-17/h4,7,9,17H,2-3,5-6H2,1H3,(H2,13,14). The highest BCUT2D eigenvalue weighted by atomic mass is 16.4. The number of oxime groups is 1. The van der Waals surface area contributed by atoms with Gasteiger partial charge in [-0.25, -0.2) is 0 Å². The Kier molecular flexibility index (Phi) is 3.55. The van der Waals surface area contributed by atoms with E-state index >= 15 is 0 Å². The Morgan fingerprint density at radius 2 is 2.22 bits per heavy atom. The van der Waals surface area contributed by atoms with Crippen LogP contribution in [0.3, 0.4) is 0 Å². The maximum atomic E-state index is 12.2. The van der Waals surface area contributed by atoms with Crippen LogP contribution in [0.25, 0.3) is 0 Å². The normalized spacial score (nSPS) is 18.1. The van der Waals surface area contributed by atoms with Gasteiger partial charge in [0.2, 0.25) is 0 Å². The molecule has 1 aliphatic rings. The molecule has 1 saturated heterocycles. The molecule has 0 atom stereocenters. The molecule has 1 fully saturated rings. The monoisotopic (exact) mass is 251 g/mol. The van der Waals surface area contributed by atoms with Crippen molar-refractivity contribution in [3.8, 4) is 0 Å². The van der Waals surface area contributed by atoms with Crippen LogP contribution < -0.4 is 5.73 Å². The maximum absolute atomic E-state index is 12.2. The molecule has 0 unspecified atom stereocenters. The number of furan rings is 1. The number of likely N-dealkylation sites (tertiary alicyclic amines) is 1. The summed E-state index contributed by atoms with van der Waals surface area (Å²) in [5.41, 5.74) is 6.18. The number of rotatable bonds is 2. The summed E-state index contributed by atoms with van der Waals surface area (Å²) in [6.45, 7) is 3.01. The van der Waals surface area contributed by atoms with E-state index in [1.165, 1.54) is 6.26 Å². The number of piperidine rings is 1. The molecular formula is C12H17N3O3. The van der Waals surface area contributed by atoms with Crippen LogP contribution >= 0.6 is 0 Å². The quantitative estimate of drug-likeness (QED) is 0.357. The SMILES string of the molecule is Cc1occc1C(=O)N1CCC(C(N)=NO)CC1. The summed E-state index contributed by atoms with van der Waals surface area (Å²) >= 11 is 0. The van der Waals surface area contributed by atoms with Gasteiger partial charge in [-0.15, -0.1) is 0 Å². The highest BCUT2D eigenvalue weighted by Gasteiger charge is 2.27. The van der Waals surface area contributed by atoms with Gasteiger partial charge in [0, 0.05) is 19.0 Å². The second kappa shape index (κ2) is 5.12. The van der Waals surface area contributed by atoms with Gasteiger partial charge in [-0.05, 0) is 25.8 Å². The van der Waals surface area contributed by atoms with Crippen LogP contribution in [0.15, 0.2) is 21.9 Å². The molecule has 0 bridgehead atoms. The van der Waals surface area contributed by atoms with E-state index in [9.17, 15) is 4.79 Å². The number of hydrogen-bond acceptors (Lipinski definition) is 4. The fraction of sp³-hybridized carbons (Fsp3) is 0.500. The van der Waals surface area contributed by atoms with Gasteiger partial charge in [0.15, 0.2) is 0 Å². The zero-order chi connectivity index (χ0) is 13.1. The molecule has 3 N–H and O–H groups in total. The van der Waals surface area contributed by atoms with E-state index in [4.69, 9.17) is 15.4 Å². The predicted molar refractivity (Wildman–Crippen MR) is 65.5 cm³/mol. The molecule has 2 heterocycles. The fourth-order valence-electron chi connectivity index (χ4n) is 2.24. The van der Waals surface area contributed by atoms with E-state index in [1.807, 2.05) is 0 Å². The van der Waals surface area contributed by atoms with Gasteiger partial charge in [0.05, 0.1) is 11.8 Å². The molecule has 18 heavy (non-hydrogen) atoms. The number of carbonyl (C=O) groups is 1. The Morgan fingerprint density at radius 3 is 2.72 bits per heavy atom. The largest absolute Gasteiger partial charge is 0.469 e. The van der Waals surface area contributed by atoms with E-state index < -0.39 is 0 Å². The Hall–Kier alpha value is -1.98. The first-order chi connectivity index (χ1) is 8.63. The summed E-state index contributed by atoms with van der Waals surface area (Å²) in [4.78, 5) is 14.0. The number of amides is 1. The number of amidine groups is 1. The third-order valence-electron chi connectivity index (χ3n) is 3.41. The van der Waals surface area contributed by atoms with Gasteiger partial charge in [0.1, 0.15) is 11.6 Å². The zero-order valence-corrected chi connectivity index (χ0v) is 10.3. The summed E-state index contributed by atoms with van der Waals surface area (Å²) in [6.07, 6.45) is 2.96. The minimum atomic E-state index is -0.0146. The highest BCUT2D eigenvalue weighted by Crippen LogP contribution is 2.20. The van der Waals surface area contributed by atoms with Gasteiger partial charge in [-0.3, -0.25) is 4.79 Å². The van der Waals surface area contributed by atoms with Crippen molar-refractivity contribution in [2.45, 2.75) is 19.8 Å². The lowest BCUT2D eigenvalue weighted by molar-refractivity contribution is 0.0707. The molecule has 98 valence electrons. The second-order valence-electron chi connectivity index (χ2n) is 4.48. The van der Waals surface area contributed by atoms with Gasteiger partial charge in [-0.1, -0.05) is 5.16 Å². The highest BCUT2D eigenvalue weighted by molar-refractivity contribution is 5.95. The Labute approximate surface area is 105 Å². The molecule has 0 saturated carbocycles. The molecule has 0 radical (unpaired) electrons. The van der Waals surface area contributed by atoms with Gasteiger partial charge >= 0.3 is 0 Å². The first-order valence-corrected chi connectivity index (χ1v) is 5.94.